The minimum absolute atomic E-state index is 0.0920. The molecular weight excluding hydrogens is 250 g/mol. The first-order valence-corrected chi connectivity index (χ1v) is 7.21. The Hall–Kier alpha value is -1.61. The number of hydrogen-bond acceptors (Lipinski definition) is 2. The zero-order valence-electron chi connectivity index (χ0n) is 12.3. The van der Waals surface area contributed by atoms with Gasteiger partial charge in [-0.15, -0.1) is 0 Å². The second kappa shape index (κ2) is 6.71. The number of aliphatic hydroxyl groups is 1. The summed E-state index contributed by atoms with van der Waals surface area (Å²) in [6, 6.07) is 8.09. The monoisotopic (exact) mass is 273 g/mol. The summed E-state index contributed by atoms with van der Waals surface area (Å²) in [6.45, 7) is 5.71. The standard InChI is InChI=1S/C17H23NO2/c1-13(2)9-17(20)18-8-7-16(11-18)10-14-3-5-15(12-19)6-4-14/h3-6,9,16,19H,7-8,10-12H2,1-2H3. The van der Waals surface area contributed by atoms with E-state index in [2.05, 4.69) is 12.1 Å². The van der Waals surface area contributed by atoms with E-state index in [1.54, 1.807) is 6.08 Å². The molecule has 2 rings (SSSR count). The number of nitrogens with zero attached hydrogens (tertiary/aromatic N) is 1. The van der Waals surface area contributed by atoms with Crippen LogP contribution in [0.1, 0.15) is 31.4 Å². The lowest BCUT2D eigenvalue weighted by Crippen LogP contribution is -2.27. The molecule has 0 bridgehead atoms. The van der Waals surface area contributed by atoms with Crippen molar-refractivity contribution in [2.45, 2.75) is 33.3 Å². The molecule has 3 nitrogen and oxygen atoms in total. The number of carbonyl (C=O) groups excluding carboxylic acids is 1. The molecule has 1 fully saturated rings. The molecule has 1 unspecified atom stereocenters. The Bertz CT molecular complexity index is 486. The Kier molecular flexibility index (Phi) is 4.96. The van der Waals surface area contributed by atoms with Gasteiger partial charge in [-0.25, -0.2) is 0 Å². The van der Waals surface area contributed by atoms with Gasteiger partial charge >= 0.3 is 0 Å². The van der Waals surface area contributed by atoms with Gasteiger partial charge in [0.1, 0.15) is 0 Å². The smallest absolute Gasteiger partial charge is 0.246 e. The highest BCUT2D eigenvalue weighted by Gasteiger charge is 2.25. The van der Waals surface area contributed by atoms with Crippen molar-refractivity contribution in [2.24, 2.45) is 5.92 Å². The second-order valence-corrected chi connectivity index (χ2v) is 5.84. The number of carbonyl (C=O) groups is 1. The van der Waals surface area contributed by atoms with Gasteiger partial charge in [-0.1, -0.05) is 29.8 Å². The van der Waals surface area contributed by atoms with Crippen LogP contribution in [0.4, 0.5) is 0 Å². The predicted octanol–water partition coefficient (Wildman–Crippen LogP) is 2.54. The number of hydrogen-bond donors (Lipinski definition) is 1. The third-order valence-electron chi connectivity index (χ3n) is 3.74. The summed E-state index contributed by atoms with van der Waals surface area (Å²) in [6.07, 6.45) is 3.80. The maximum absolute atomic E-state index is 12.0. The first kappa shape index (κ1) is 14.8. The SMILES string of the molecule is CC(C)=CC(=O)N1CCC(Cc2ccc(CO)cc2)C1. The molecule has 0 spiro atoms. The summed E-state index contributed by atoms with van der Waals surface area (Å²) in [4.78, 5) is 13.9. The molecule has 20 heavy (non-hydrogen) atoms. The van der Waals surface area contributed by atoms with Gasteiger partial charge in [0, 0.05) is 19.2 Å². The van der Waals surface area contributed by atoms with Crippen LogP contribution < -0.4 is 0 Å². The summed E-state index contributed by atoms with van der Waals surface area (Å²) < 4.78 is 0. The lowest BCUT2D eigenvalue weighted by Gasteiger charge is -2.15. The number of rotatable bonds is 4. The zero-order chi connectivity index (χ0) is 14.5. The number of benzene rings is 1. The van der Waals surface area contributed by atoms with Gasteiger partial charge < -0.3 is 10.0 Å². The normalized spacial score (nSPS) is 18.1. The van der Waals surface area contributed by atoms with E-state index in [0.717, 1.165) is 37.1 Å². The van der Waals surface area contributed by atoms with Gasteiger partial charge in [0.15, 0.2) is 0 Å². The van der Waals surface area contributed by atoms with Gasteiger partial charge in [-0.2, -0.15) is 0 Å². The Balaban J connectivity index is 1.89. The topological polar surface area (TPSA) is 40.5 Å². The minimum Gasteiger partial charge on any atom is -0.392 e. The van der Waals surface area contributed by atoms with Gasteiger partial charge in [0.05, 0.1) is 6.61 Å². The van der Waals surface area contributed by atoms with E-state index in [0.29, 0.717) is 5.92 Å². The quantitative estimate of drug-likeness (QED) is 0.856. The van der Waals surface area contributed by atoms with E-state index in [1.165, 1.54) is 5.56 Å². The molecule has 1 aromatic carbocycles. The molecule has 1 amide bonds. The highest BCUT2D eigenvalue weighted by molar-refractivity contribution is 5.88. The van der Waals surface area contributed by atoms with E-state index in [1.807, 2.05) is 30.9 Å². The van der Waals surface area contributed by atoms with Gasteiger partial charge in [0.2, 0.25) is 5.91 Å². The average molecular weight is 273 g/mol. The van der Waals surface area contributed by atoms with Gasteiger partial charge in [0.25, 0.3) is 0 Å². The molecule has 108 valence electrons. The van der Waals surface area contributed by atoms with Crippen molar-refractivity contribution in [3.8, 4) is 0 Å². The van der Waals surface area contributed by atoms with Crippen LogP contribution in [0.5, 0.6) is 0 Å². The van der Waals surface area contributed by atoms with Gasteiger partial charge in [-0.3, -0.25) is 4.79 Å². The average Bonchev–Trinajstić information content (AvgIpc) is 2.87. The molecule has 3 heteroatoms. The molecule has 1 atom stereocenters. The van der Waals surface area contributed by atoms with Crippen molar-refractivity contribution in [1.29, 1.82) is 0 Å². The first-order chi connectivity index (χ1) is 9.58. The Morgan fingerprint density at radius 1 is 1.30 bits per heavy atom. The number of aliphatic hydroxyl groups excluding tert-OH is 1. The van der Waals surface area contributed by atoms with E-state index < -0.39 is 0 Å². The predicted molar refractivity (Wildman–Crippen MR) is 80.2 cm³/mol. The molecule has 1 aliphatic rings. The summed E-state index contributed by atoms with van der Waals surface area (Å²) in [5.74, 6) is 0.688. The molecule has 0 aromatic heterocycles. The van der Waals surface area contributed by atoms with E-state index in [9.17, 15) is 4.79 Å². The summed E-state index contributed by atoms with van der Waals surface area (Å²) >= 11 is 0. The minimum atomic E-state index is 0.0920. The molecule has 1 heterocycles. The van der Waals surface area contributed by atoms with Crippen molar-refractivity contribution >= 4 is 5.91 Å². The third-order valence-corrected chi connectivity index (χ3v) is 3.74. The Morgan fingerprint density at radius 3 is 2.55 bits per heavy atom. The zero-order valence-corrected chi connectivity index (χ0v) is 12.3. The lowest BCUT2D eigenvalue weighted by atomic mass is 9.98. The summed E-state index contributed by atoms with van der Waals surface area (Å²) in [5, 5.41) is 9.03. The van der Waals surface area contributed by atoms with Crippen molar-refractivity contribution in [3.63, 3.8) is 0 Å². The Morgan fingerprint density at radius 2 is 1.95 bits per heavy atom. The van der Waals surface area contributed by atoms with Crippen LogP contribution in [0.2, 0.25) is 0 Å². The number of likely N-dealkylation sites (tertiary alicyclic amines) is 1. The maximum atomic E-state index is 12.0. The molecular formula is C17H23NO2. The molecule has 1 N–H and O–H groups in total. The van der Waals surface area contributed by atoms with Crippen molar-refractivity contribution in [2.75, 3.05) is 13.1 Å². The van der Waals surface area contributed by atoms with E-state index in [4.69, 9.17) is 5.11 Å². The molecule has 1 aliphatic heterocycles. The summed E-state index contributed by atoms with van der Waals surface area (Å²) in [7, 11) is 0. The maximum Gasteiger partial charge on any atom is 0.246 e. The lowest BCUT2D eigenvalue weighted by molar-refractivity contribution is -0.125. The largest absolute Gasteiger partial charge is 0.392 e. The van der Waals surface area contributed by atoms with Crippen molar-refractivity contribution < 1.29 is 9.90 Å². The highest BCUT2D eigenvalue weighted by Crippen LogP contribution is 2.21. The van der Waals surface area contributed by atoms with Crippen LogP contribution in [0.3, 0.4) is 0 Å². The molecule has 0 radical (unpaired) electrons. The Labute approximate surface area is 120 Å². The van der Waals surface area contributed by atoms with Crippen LogP contribution in [-0.4, -0.2) is 29.0 Å². The fourth-order valence-corrected chi connectivity index (χ4v) is 2.65. The van der Waals surface area contributed by atoms with E-state index in [-0.39, 0.29) is 12.5 Å². The third kappa shape index (κ3) is 3.94. The van der Waals surface area contributed by atoms with Crippen molar-refractivity contribution in [3.05, 3.63) is 47.0 Å². The molecule has 1 saturated heterocycles. The van der Waals surface area contributed by atoms with E-state index >= 15 is 0 Å². The van der Waals surface area contributed by atoms with Crippen LogP contribution in [-0.2, 0) is 17.8 Å². The number of allylic oxidation sites excluding steroid dienone is 1. The molecule has 1 aromatic rings. The van der Waals surface area contributed by atoms with Crippen molar-refractivity contribution in [1.82, 2.24) is 4.90 Å². The summed E-state index contributed by atoms with van der Waals surface area (Å²) in [5.41, 5.74) is 3.28. The van der Waals surface area contributed by atoms with Crippen LogP contribution in [0.25, 0.3) is 0 Å². The van der Waals surface area contributed by atoms with Crippen LogP contribution in [0, 0.1) is 5.92 Å². The highest BCUT2D eigenvalue weighted by atomic mass is 16.3. The fraction of sp³-hybridized carbons (Fsp3) is 0.471. The second-order valence-electron chi connectivity index (χ2n) is 5.84. The fourth-order valence-electron chi connectivity index (χ4n) is 2.65. The van der Waals surface area contributed by atoms with Crippen LogP contribution >= 0.6 is 0 Å². The number of amides is 1. The molecule has 0 saturated carbocycles. The first-order valence-electron chi connectivity index (χ1n) is 7.21. The molecule has 0 aliphatic carbocycles. The van der Waals surface area contributed by atoms with Gasteiger partial charge in [-0.05, 0) is 43.7 Å². The van der Waals surface area contributed by atoms with Crippen LogP contribution in [0.15, 0.2) is 35.9 Å².